The van der Waals surface area contributed by atoms with E-state index < -0.39 is 23.5 Å². The van der Waals surface area contributed by atoms with E-state index >= 15 is 0 Å². The average Bonchev–Trinajstić information content (AvgIpc) is 3.52. The maximum Gasteiger partial charge on any atom is 0.296 e. The van der Waals surface area contributed by atoms with Crippen molar-refractivity contribution < 1.29 is 19.4 Å². The van der Waals surface area contributed by atoms with Gasteiger partial charge in [-0.3, -0.25) is 14.5 Å². The normalized spacial score (nSPS) is 16.2. The number of fused-ring (bicyclic) bond motifs is 1. The third-order valence-electron chi connectivity index (χ3n) is 5.17. The summed E-state index contributed by atoms with van der Waals surface area (Å²) in [5.41, 5.74) is 1.35. The largest absolute Gasteiger partial charge is 0.503 e. The van der Waals surface area contributed by atoms with Gasteiger partial charge in [0.15, 0.2) is 10.9 Å². The van der Waals surface area contributed by atoms with E-state index in [4.69, 9.17) is 16.3 Å². The molecular formula is C23H15ClN2O4S2. The summed E-state index contributed by atoms with van der Waals surface area (Å²) in [5, 5.41) is 13.5. The number of ketones is 1. The summed E-state index contributed by atoms with van der Waals surface area (Å²) in [5.74, 6) is -0.962. The molecule has 4 aromatic rings. The van der Waals surface area contributed by atoms with E-state index in [1.54, 1.807) is 61.0 Å². The second kappa shape index (κ2) is 8.05. The number of ether oxygens (including phenoxy) is 1. The third kappa shape index (κ3) is 3.37. The lowest BCUT2D eigenvalue weighted by molar-refractivity contribution is -0.117. The van der Waals surface area contributed by atoms with Gasteiger partial charge in [-0.2, -0.15) is 0 Å². The number of methoxy groups -OCH3 is 1. The van der Waals surface area contributed by atoms with Crippen molar-refractivity contribution in [2.45, 2.75) is 6.04 Å². The Morgan fingerprint density at radius 3 is 2.66 bits per heavy atom. The van der Waals surface area contributed by atoms with Gasteiger partial charge in [-0.25, -0.2) is 4.98 Å². The molecule has 5 rings (SSSR count). The number of anilines is 1. The van der Waals surface area contributed by atoms with Crippen molar-refractivity contribution in [1.29, 1.82) is 0 Å². The number of hydrogen-bond donors (Lipinski definition) is 1. The zero-order valence-electron chi connectivity index (χ0n) is 16.6. The predicted molar refractivity (Wildman–Crippen MR) is 126 cm³/mol. The third-order valence-corrected chi connectivity index (χ3v) is 7.31. The fourth-order valence-electron chi connectivity index (χ4n) is 3.66. The van der Waals surface area contributed by atoms with Crippen LogP contribution >= 0.6 is 34.3 Å². The van der Waals surface area contributed by atoms with Crippen molar-refractivity contribution in [3.05, 3.63) is 86.8 Å². The fourth-order valence-corrected chi connectivity index (χ4v) is 5.48. The van der Waals surface area contributed by atoms with Crippen molar-refractivity contribution in [2.24, 2.45) is 0 Å². The Balaban J connectivity index is 1.67. The first-order chi connectivity index (χ1) is 15.5. The van der Waals surface area contributed by atoms with Crippen LogP contribution in [0, 0.1) is 0 Å². The van der Waals surface area contributed by atoms with E-state index in [-0.39, 0.29) is 5.57 Å². The number of rotatable bonds is 5. The lowest BCUT2D eigenvalue weighted by atomic mass is 9.95. The lowest BCUT2D eigenvalue weighted by Crippen LogP contribution is -2.30. The van der Waals surface area contributed by atoms with E-state index in [0.29, 0.717) is 31.9 Å². The Morgan fingerprint density at radius 2 is 1.97 bits per heavy atom. The Hall–Kier alpha value is -3.20. The molecule has 1 amide bonds. The Bertz CT molecular complexity index is 1380. The number of nitrogens with zero attached hydrogens (tertiary/aromatic N) is 2. The average molecular weight is 483 g/mol. The van der Waals surface area contributed by atoms with Gasteiger partial charge in [0.25, 0.3) is 5.91 Å². The van der Waals surface area contributed by atoms with Crippen LogP contribution in [0.1, 0.15) is 21.3 Å². The van der Waals surface area contributed by atoms with Crippen molar-refractivity contribution >= 4 is 61.3 Å². The molecular weight excluding hydrogens is 468 g/mol. The van der Waals surface area contributed by atoms with E-state index in [2.05, 4.69) is 4.98 Å². The van der Waals surface area contributed by atoms with Gasteiger partial charge in [0.2, 0.25) is 5.78 Å². The minimum atomic E-state index is -0.836. The SMILES string of the molecule is COc1ccc2nc(N3C(=O)C(O)=C(C(=O)c4cccs4)C3c3ccc(Cl)cc3)sc2c1. The quantitative estimate of drug-likeness (QED) is 0.363. The van der Waals surface area contributed by atoms with E-state index in [1.165, 1.54) is 27.6 Å². The molecule has 1 unspecified atom stereocenters. The molecule has 0 saturated heterocycles. The number of hydrogen-bond acceptors (Lipinski definition) is 7. The second-order valence-corrected chi connectivity index (χ2v) is 9.42. The smallest absolute Gasteiger partial charge is 0.296 e. The molecule has 1 aliphatic rings. The van der Waals surface area contributed by atoms with E-state index in [9.17, 15) is 14.7 Å². The second-order valence-electron chi connectivity index (χ2n) is 7.03. The van der Waals surface area contributed by atoms with Crippen molar-refractivity contribution in [2.75, 3.05) is 12.0 Å². The van der Waals surface area contributed by atoms with Crippen molar-refractivity contribution in [1.82, 2.24) is 4.98 Å². The van der Waals surface area contributed by atoms with Crippen LogP contribution in [0.15, 0.2) is 71.3 Å². The summed E-state index contributed by atoms with van der Waals surface area (Å²) in [6.45, 7) is 0. The van der Waals surface area contributed by atoms with Crippen LogP contribution < -0.4 is 9.64 Å². The minimum Gasteiger partial charge on any atom is -0.503 e. The molecule has 6 nitrogen and oxygen atoms in total. The summed E-state index contributed by atoms with van der Waals surface area (Å²) in [6.07, 6.45) is 0. The number of aromatic nitrogens is 1. The molecule has 1 N–H and O–H groups in total. The monoisotopic (exact) mass is 482 g/mol. The molecule has 0 bridgehead atoms. The zero-order chi connectivity index (χ0) is 22.4. The van der Waals surface area contributed by atoms with E-state index in [0.717, 1.165) is 4.70 Å². The standard InChI is InChI=1S/C23H15ClN2O4S2/c1-30-14-8-9-15-17(11-14)32-23(25-15)26-19(12-4-6-13(24)7-5-12)18(21(28)22(26)29)20(27)16-3-2-10-31-16/h2-11,19,28H,1H3. The summed E-state index contributed by atoms with van der Waals surface area (Å²) in [7, 11) is 1.58. The molecule has 0 aliphatic carbocycles. The van der Waals surface area contributed by atoms with Crippen molar-refractivity contribution in [3.8, 4) is 5.75 Å². The number of benzene rings is 2. The maximum atomic E-state index is 13.3. The molecule has 32 heavy (non-hydrogen) atoms. The van der Waals surface area contributed by atoms with Gasteiger partial charge < -0.3 is 9.84 Å². The Labute approximate surface area is 196 Å². The molecule has 3 heterocycles. The Morgan fingerprint density at radius 1 is 1.19 bits per heavy atom. The number of aliphatic hydroxyl groups excluding tert-OH is 1. The minimum absolute atomic E-state index is 0.0246. The zero-order valence-corrected chi connectivity index (χ0v) is 19.0. The van der Waals surface area contributed by atoms with E-state index in [1.807, 2.05) is 6.07 Å². The van der Waals surface area contributed by atoms with Gasteiger partial charge in [0, 0.05) is 5.02 Å². The highest BCUT2D eigenvalue weighted by Gasteiger charge is 2.46. The molecule has 1 aliphatic heterocycles. The van der Waals surface area contributed by atoms with Crippen LogP contribution in [0.25, 0.3) is 10.2 Å². The first-order valence-electron chi connectivity index (χ1n) is 9.53. The Kier molecular flexibility index (Phi) is 5.21. The molecule has 160 valence electrons. The van der Waals surface area contributed by atoms with Gasteiger partial charge in [0.05, 0.1) is 33.8 Å². The topological polar surface area (TPSA) is 79.7 Å². The van der Waals surface area contributed by atoms with Crippen LogP contribution in [0.5, 0.6) is 5.75 Å². The van der Waals surface area contributed by atoms with Gasteiger partial charge in [-0.1, -0.05) is 41.1 Å². The number of aliphatic hydroxyl groups is 1. The number of Topliss-reactive ketones (excluding diaryl/α,β-unsaturated/α-hetero) is 1. The predicted octanol–water partition coefficient (Wildman–Crippen LogP) is 5.80. The van der Waals surface area contributed by atoms with Crippen LogP contribution in [-0.2, 0) is 4.79 Å². The molecule has 2 aromatic carbocycles. The fraction of sp³-hybridized carbons (Fsp3) is 0.0870. The summed E-state index contributed by atoms with van der Waals surface area (Å²) in [6, 6.07) is 14.9. The molecule has 0 spiro atoms. The van der Waals surface area contributed by atoms with Crippen LogP contribution in [0.4, 0.5) is 5.13 Å². The number of amides is 1. The molecule has 9 heteroatoms. The number of thiazole rings is 1. The molecule has 0 radical (unpaired) electrons. The van der Waals surface area contributed by atoms with Crippen LogP contribution in [0.2, 0.25) is 5.02 Å². The summed E-state index contributed by atoms with van der Waals surface area (Å²) < 4.78 is 6.10. The van der Waals surface area contributed by atoms with Gasteiger partial charge in [0.1, 0.15) is 5.75 Å². The molecule has 2 aromatic heterocycles. The summed E-state index contributed by atoms with van der Waals surface area (Å²) >= 11 is 8.60. The molecule has 1 atom stereocenters. The van der Waals surface area contributed by atoms with Crippen molar-refractivity contribution in [3.63, 3.8) is 0 Å². The molecule has 0 saturated carbocycles. The number of carbonyl (C=O) groups excluding carboxylic acids is 2. The highest BCUT2D eigenvalue weighted by molar-refractivity contribution is 7.22. The number of carbonyl (C=O) groups is 2. The number of thiophene rings is 1. The maximum absolute atomic E-state index is 13.3. The summed E-state index contributed by atoms with van der Waals surface area (Å²) in [4.78, 5) is 32.9. The lowest BCUT2D eigenvalue weighted by Gasteiger charge is -2.24. The highest BCUT2D eigenvalue weighted by Crippen LogP contribution is 2.44. The van der Waals surface area contributed by atoms with Gasteiger partial charge in [-0.05, 0) is 47.3 Å². The number of halogens is 1. The van der Waals surface area contributed by atoms with Crippen LogP contribution in [0.3, 0.4) is 0 Å². The first kappa shape index (κ1) is 20.7. The highest BCUT2D eigenvalue weighted by atomic mass is 35.5. The van der Waals surface area contributed by atoms with Gasteiger partial charge >= 0.3 is 0 Å². The van der Waals surface area contributed by atoms with Gasteiger partial charge in [-0.15, -0.1) is 11.3 Å². The van der Waals surface area contributed by atoms with Crippen LogP contribution in [-0.4, -0.2) is 28.9 Å². The first-order valence-corrected chi connectivity index (χ1v) is 11.6. The molecule has 0 fully saturated rings.